The quantitative estimate of drug-likeness (QED) is 0.587. The van der Waals surface area contributed by atoms with E-state index in [1.54, 1.807) is 12.1 Å². The van der Waals surface area contributed by atoms with Gasteiger partial charge in [0.05, 0.1) is 4.90 Å². The van der Waals surface area contributed by atoms with E-state index in [4.69, 9.17) is 4.74 Å². The van der Waals surface area contributed by atoms with Gasteiger partial charge in [-0.2, -0.15) is 0 Å². The van der Waals surface area contributed by atoms with E-state index in [1.165, 1.54) is 17.7 Å². The molecule has 0 aliphatic rings. The first-order chi connectivity index (χ1) is 13.8. The maximum Gasteiger partial charge on any atom is 0.258 e. The van der Waals surface area contributed by atoms with E-state index in [2.05, 4.69) is 22.2 Å². The number of benzene rings is 2. The van der Waals surface area contributed by atoms with Gasteiger partial charge in [0.15, 0.2) is 6.61 Å². The molecule has 1 atom stereocenters. The van der Waals surface area contributed by atoms with Gasteiger partial charge in [0, 0.05) is 12.6 Å². The number of hydrogen-bond acceptors (Lipinski definition) is 4. The highest BCUT2D eigenvalue weighted by Gasteiger charge is 2.14. The summed E-state index contributed by atoms with van der Waals surface area (Å²) in [4.78, 5) is 12.2. The van der Waals surface area contributed by atoms with Crippen molar-refractivity contribution < 1.29 is 17.9 Å². The van der Waals surface area contributed by atoms with E-state index < -0.39 is 10.0 Å². The molecule has 7 heteroatoms. The molecule has 0 saturated heterocycles. The Morgan fingerprint density at radius 3 is 2.28 bits per heavy atom. The van der Waals surface area contributed by atoms with Crippen molar-refractivity contribution in [3.63, 3.8) is 0 Å². The number of amides is 1. The molecule has 2 aromatic rings. The fraction of sp³-hybridized carbons (Fsp3) is 0.409. The number of ether oxygens (including phenoxy) is 1. The SMILES string of the molecule is CC(C)CNS(=O)(=O)c1ccc(OCC(=O)N[C@@H](C)CCc2ccccc2)cc1. The molecule has 0 aliphatic carbocycles. The number of aryl methyl sites for hydroxylation is 1. The predicted molar refractivity (Wildman–Crippen MR) is 114 cm³/mol. The Balaban J connectivity index is 1.76. The highest BCUT2D eigenvalue weighted by molar-refractivity contribution is 7.89. The van der Waals surface area contributed by atoms with E-state index in [9.17, 15) is 13.2 Å². The number of carbonyl (C=O) groups is 1. The summed E-state index contributed by atoms with van der Waals surface area (Å²) in [6.07, 6.45) is 1.73. The Labute approximate surface area is 173 Å². The van der Waals surface area contributed by atoms with E-state index in [-0.39, 0.29) is 29.4 Å². The van der Waals surface area contributed by atoms with Crippen molar-refractivity contribution in [3.8, 4) is 5.75 Å². The lowest BCUT2D eigenvalue weighted by atomic mass is 10.1. The van der Waals surface area contributed by atoms with E-state index in [0.29, 0.717) is 12.3 Å². The summed E-state index contributed by atoms with van der Waals surface area (Å²) in [5, 5.41) is 2.91. The molecule has 0 aromatic heterocycles. The minimum absolute atomic E-state index is 0.0332. The fourth-order valence-corrected chi connectivity index (χ4v) is 3.85. The van der Waals surface area contributed by atoms with Crippen molar-refractivity contribution in [1.29, 1.82) is 0 Å². The van der Waals surface area contributed by atoms with Crippen molar-refractivity contribution in [1.82, 2.24) is 10.0 Å². The standard InChI is InChI=1S/C22H30N2O4S/c1-17(2)15-23-29(26,27)21-13-11-20(12-14-21)28-16-22(25)24-18(3)9-10-19-7-5-4-6-8-19/h4-8,11-14,17-18,23H,9-10,15-16H2,1-3H3,(H,24,25)/t18-/m0/s1. The first-order valence-electron chi connectivity index (χ1n) is 9.82. The summed E-state index contributed by atoms with van der Waals surface area (Å²) in [6.45, 7) is 6.10. The fourth-order valence-electron chi connectivity index (χ4n) is 2.64. The minimum Gasteiger partial charge on any atom is -0.484 e. The van der Waals surface area contributed by atoms with Gasteiger partial charge >= 0.3 is 0 Å². The molecule has 29 heavy (non-hydrogen) atoms. The van der Waals surface area contributed by atoms with Gasteiger partial charge in [-0.15, -0.1) is 0 Å². The van der Waals surface area contributed by atoms with Crippen LogP contribution in [0.5, 0.6) is 5.75 Å². The number of nitrogens with one attached hydrogen (secondary N) is 2. The maximum atomic E-state index is 12.2. The zero-order chi connectivity index (χ0) is 21.3. The highest BCUT2D eigenvalue weighted by Crippen LogP contribution is 2.16. The van der Waals surface area contributed by atoms with Gasteiger partial charge in [-0.05, 0) is 55.5 Å². The van der Waals surface area contributed by atoms with Crippen LogP contribution in [0.4, 0.5) is 0 Å². The van der Waals surface area contributed by atoms with Gasteiger partial charge in [-0.25, -0.2) is 13.1 Å². The largest absolute Gasteiger partial charge is 0.484 e. The molecule has 0 radical (unpaired) electrons. The molecule has 6 nitrogen and oxygen atoms in total. The van der Waals surface area contributed by atoms with Crippen LogP contribution in [0.15, 0.2) is 59.5 Å². The van der Waals surface area contributed by atoms with Gasteiger partial charge in [-0.3, -0.25) is 4.79 Å². The van der Waals surface area contributed by atoms with Crippen LogP contribution in [-0.4, -0.2) is 33.5 Å². The van der Waals surface area contributed by atoms with Crippen molar-refractivity contribution in [2.75, 3.05) is 13.2 Å². The molecule has 2 N–H and O–H groups in total. The lowest BCUT2D eigenvalue weighted by Gasteiger charge is -2.14. The Hall–Kier alpha value is -2.38. The zero-order valence-electron chi connectivity index (χ0n) is 17.2. The van der Waals surface area contributed by atoms with Crippen LogP contribution in [0, 0.1) is 5.92 Å². The van der Waals surface area contributed by atoms with Crippen LogP contribution in [0.2, 0.25) is 0 Å². The predicted octanol–water partition coefficient (Wildman–Crippen LogP) is 3.14. The number of rotatable bonds is 11. The molecule has 0 bridgehead atoms. The van der Waals surface area contributed by atoms with Gasteiger partial charge in [0.2, 0.25) is 10.0 Å². The van der Waals surface area contributed by atoms with Crippen LogP contribution in [0.3, 0.4) is 0 Å². The molecule has 1 amide bonds. The minimum atomic E-state index is -3.53. The normalized spacial score (nSPS) is 12.6. The average molecular weight is 419 g/mol. The van der Waals surface area contributed by atoms with Crippen molar-refractivity contribution in [3.05, 3.63) is 60.2 Å². The second kappa shape index (κ2) is 11.0. The maximum absolute atomic E-state index is 12.2. The number of carbonyl (C=O) groups excluding carboxylic acids is 1. The molecule has 2 aromatic carbocycles. The summed E-state index contributed by atoms with van der Waals surface area (Å²) in [5.74, 6) is 0.460. The lowest BCUT2D eigenvalue weighted by Crippen LogP contribution is -2.36. The lowest BCUT2D eigenvalue weighted by molar-refractivity contribution is -0.123. The van der Waals surface area contributed by atoms with Crippen LogP contribution < -0.4 is 14.8 Å². The van der Waals surface area contributed by atoms with Crippen LogP contribution >= 0.6 is 0 Å². The molecular formula is C22H30N2O4S. The molecule has 0 spiro atoms. The summed E-state index contributed by atoms with van der Waals surface area (Å²) in [7, 11) is -3.53. The molecular weight excluding hydrogens is 388 g/mol. The smallest absolute Gasteiger partial charge is 0.258 e. The monoisotopic (exact) mass is 418 g/mol. The highest BCUT2D eigenvalue weighted by atomic mass is 32.2. The average Bonchev–Trinajstić information content (AvgIpc) is 2.70. The van der Waals surface area contributed by atoms with E-state index >= 15 is 0 Å². The van der Waals surface area contributed by atoms with Gasteiger partial charge in [0.1, 0.15) is 5.75 Å². The first-order valence-corrected chi connectivity index (χ1v) is 11.3. The third-order valence-electron chi connectivity index (χ3n) is 4.30. The second-order valence-corrected chi connectivity index (χ2v) is 9.27. The van der Waals surface area contributed by atoms with Gasteiger partial charge in [-0.1, -0.05) is 44.2 Å². The molecule has 0 saturated carbocycles. The molecule has 158 valence electrons. The summed E-state index contributed by atoms with van der Waals surface area (Å²) in [5.41, 5.74) is 1.24. The Bertz CT molecular complexity index is 865. The summed E-state index contributed by atoms with van der Waals surface area (Å²) < 4.78 is 32.4. The van der Waals surface area contributed by atoms with E-state index in [0.717, 1.165) is 12.8 Å². The van der Waals surface area contributed by atoms with Crippen molar-refractivity contribution in [2.24, 2.45) is 5.92 Å². The second-order valence-electron chi connectivity index (χ2n) is 7.50. The van der Waals surface area contributed by atoms with Crippen LogP contribution in [-0.2, 0) is 21.2 Å². The van der Waals surface area contributed by atoms with Gasteiger partial charge < -0.3 is 10.1 Å². The molecule has 0 fully saturated rings. The van der Waals surface area contributed by atoms with Crippen molar-refractivity contribution >= 4 is 15.9 Å². The molecule has 2 rings (SSSR count). The Morgan fingerprint density at radius 2 is 1.66 bits per heavy atom. The zero-order valence-corrected chi connectivity index (χ0v) is 18.0. The summed E-state index contributed by atoms with van der Waals surface area (Å²) >= 11 is 0. The molecule has 0 heterocycles. The third-order valence-corrected chi connectivity index (χ3v) is 5.74. The van der Waals surface area contributed by atoms with Crippen molar-refractivity contribution in [2.45, 2.75) is 44.6 Å². The van der Waals surface area contributed by atoms with Crippen LogP contribution in [0.1, 0.15) is 32.8 Å². The third kappa shape index (κ3) is 8.25. The number of sulfonamides is 1. The summed E-state index contributed by atoms with van der Waals surface area (Å²) in [6, 6.07) is 16.2. The number of hydrogen-bond donors (Lipinski definition) is 2. The molecule has 0 aliphatic heterocycles. The molecule has 0 unspecified atom stereocenters. The Morgan fingerprint density at radius 1 is 1.00 bits per heavy atom. The van der Waals surface area contributed by atoms with Gasteiger partial charge in [0.25, 0.3) is 5.91 Å². The van der Waals surface area contributed by atoms with Crippen LogP contribution in [0.25, 0.3) is 0 Å². The topological polar surface area (TPSA) is 84.5 Å². The first kappa shape index (κ1) is 22.9. The van der Waals surface area contributed by atoms with E-state index in [1.807, 2.05) is 39.0 Å². The Kier molecular flexibility index (Phi) is 8.67.